The van der Waals surface area contributed by atoms with E-state index in [2.05, 4.69) is 25.8 Å². The first kappa shape index (κ1) is 15.2. The van der Waals surface area contributed by atoms with Gasteiger partial charge in [-0.25, -0.2) is 0 Å². The maximum absolute atomic E-state index is 5.38. The molecular formula is C18H17N5O2. The van der Waals surface area contributed by atoms with Gasteiger partial charge in [0, 0.05) is 17.4 Å². The summed E-state index contributed by atoms with van der Waals surface area (Å²) >= 11 is 0. The molecule has 7 heteroatoms. The fraction of sp³-hybridized carbons (Fsp3) is 0.167. The number of fused-ring (bicyclic) bond motifs is 1. The molecule has 0 bridgehead atoms. The number of anilines is 4. The van der Waals surface area contributed by atoms with Gasteiger partial charge in [0.1, 0.15) is 0 Å². The first-order valence-electron chi connectivity index (χ1n) is 7.89. The minimum atomic E-state index is 0.248. The van der Waals surface area contributed by atoms with E-state index in [1.165, 1.54) is 0 Å². The van der Waals surface area contributed by atoms with Crippen molar-refractivity contribution in [3.8, 4) is 11.5 Å². The summed E-state index contributed by atoms with van der Waals surface area (Å²) in [6.45, 7) is 4.33. The molecule has 0 fully saturated rings. The van der Waals surface area contributed by atoms with Gasteiger partial charge in [-0.1, -0.05) is 18.2 Å². The third-order valence-electron chi connectivity index (χ3n) is 3.92. The molecule has 2 aromatic carbocycles. The maximum atomic E-state index is 5.38. The molecule has 3 aromatic rings. The summed E-state index contributed by atoms with van der Waals surface area (Å²) in [6, 6.07) is 11.7. The average molecular weight is 335 g/mol. The van der Waals surface area contributed by atoms with Gasteiger partial charge in [-0.05, 0) is 37.1 Å². The number of hydrogen-bond donors (Lipinski definition) is 2. The topological polar surface area (TPSA) is 81.2 Å². The molecule has 0 atom stereocenters. The van der Waals surface area contributed by atoms with Crippen molar-refractivity contribution in [2.45, 2.75) is 13.8 Å². The predicted molar refractivity (Wildman–Crippen MR) is 94.9 cm³/mol. The van der Waals surface area contributed by atoms with Gasteiger partial charge in [0.05, 0.1) is 6.20 Å². The van der Waals surface area contributed by atoms with Crippen molar-refractivity contribution in [2.75, 3.05) is 17.4 Å². The molecule has 4 rings (SSSR count). The van der Waals surface area contributed by atoms with Gasteiger partial charge in [0.15, 0.2) is 17.3 Å². The van der Waals surface area contributed by atoms with Crippen LogP contribution in [-0.2, 0) is 0 Å². The van der Waals surface area contributed by atoms with Gasteiger partial charge >= 0.3 is 0 Å². The SMILES string of the molecule is Cc1cccc(C)c1Nc1nncc(Nc2ccc3c(c2)OCO3)n1. The monoisotopic (exact) mass is 335 g/mol. The molecule has 2 N–H and O–H groups in total. The standard InChI is InChI=1S/C18H17N5O2/c1-11-4-3-5-12(2)17(11)22-18-21-16(9-19-23-18)20-13-6-7-14-15(8-13)25-10-24-14/h3-9H,10H2,1-2H3,(H2,20,21,22,23). The van der Waals surface area contributed by atoms with E-state index in [-0.39, 0.29) is 6.79 Å². The zero-order valence-electron chi connectivity index (χ0n) is 13.9. The molecule has 1 aliphatic heterocycles. The maximum Gasteiger partial charge on any atom is 0.249 e. The van der Waals surface area contributed by atoms with Crippen molar-refractivity contribution in [1.29, 1.82) is 0 Å². The second kappa shape index (κ2) is 6.27. The molecule has 0 aliphatic carbocycles. The molecule has 1 aromatic heterocycles. The van der Waals surface area contributed by atoms with E-state index in [1.54, 1.807) is 6.20 Å². The predicted octanol–water partition coefficient (Wildman–Crippen LogP) is 3.70. The van der Waals surface area contributed by atoms with Crippen LogP contribution in [0.1, 0.15) is 11.1 Å². The van der Waals surface area contributed by atoms with Gasteiger partial charge in [-0.2, -0.15) is 10.1 Å². The number of rotatable bonds is 4. The van der Waals surface area contributed by atoms with E-state index in [4.69, 9.17) is 9.47 Å². The lowest BCUT2D eigenvalue weighted by Crippen LogP contribution is -2.04. The van der Waals surface area contributed by atoms with E-state index in [9.17, 15) is 0 Å². The molecule has 1 aliphatic rings. The van der Waals surface area contributed by atoms with Crippen molar-refractivity contribution in [3.63, 3.8) is 0 Å². The smallest absolute Gasteiger partial charge is 0.249 e. The van der Waals surface area contributed by atoms with Crippen LogP contribution in [0.5, 0.6) is 11.5 Å². The second-order valence-electron chi connectivity index (χ2n) is 5.75. The molecule has 0 spiro atoms. The first-order valence-corrected chi connectivity index (χ1v) is 7.89. The lowest BCUT2D eigenvalue weighted by molar-refractivity contribution is 0.174. The number of nitrogens with zero attached hydrogens (tertiary/aromatic N) is 3. The summed E-state index contributed by atoms with van der Waals surface area (Å²) in [5.41, 5.74) is 4.07. The van der Waals surface area contributed by atoms with Crippen molar-refractivity contribution in [1.82, 2.24) is 15.2 Å². The molecule has 0 saturated carbocycles. The van der Waals surface area contributed by atoms with E-state index in [0.717, 1.165) is 28.3 Å². The van der Waals surface area contributed by atoms with Crippen LogP contribution in [-0.4, -0.2) is 22.0 Å². The van der Waals surface area contributed by atoms with Crippen molar-refractivity contribution >= 4 is 23.1 Å². The lowest BCUT2D eigenvalue weighted by Gasteiger charge is -2.12. The van der Waals surface area contributed by atoms with Crippen LogP contribution in [0.2, 0.25) is 0 Å². The zero-order chi connectivity index (χ0) is 17.2. The third kappa shape index (κ3) is 3.16. The Morgan fingerprint density at radius 1 is 0.960 bits per heavy atom. The van der Waals surface area contributed by atoms with Crippen LogP contribution >= 0.6 is 0 Å². The van der Waals surface area contributed by atoms with Crippen LogP contribution in [0.3, 0.4) is 0 Å². The van der Waals surface area contributed by atoms with Crippen molar-refractivity contribution < 1.29 is 9.47 Å². The molecule has 25 heavy (non-hydrogen) atoms. The summed E-state index contributed by atoms with van der Waals surface area (Å²) in [5, 5.41) is 14.5. The normalized spacial score (nSPS) is 12.1. The largest absolute Gasteiger partial charge is 0.454 e. The highest BCUT2D eigenvalue weighted by molar-refractivity contribution is 5.65. The van der Waals surface area contributed by atoms with Crippen LogP contribution in [0, 0.1) is 13.8 Å². The summed E-state index contributed by atoms with van der Waals surface area (Å²) in [4.78, 5) is 4.47. The number of aryl methyl sites for hydroxylation is 2. The second-order valence-corrected chi connectivity index (χ2v) is 5.75. The van der Waals surface area contributed by atoms with Crippen LogP contribution in [0.25, 0.3) is 0 Å². The molecule has 126 valence electrons. The number of hydrogen-bond acceptors (Lipinski definition) is 7. The van der Waals surface area contributed by atoms with Gasteiger partial charge in [-0.15, -0.1) is 5.10 Å². The Morgan fingerprint density at radius 2 is 1.76 bits per heavy atom. The highest BCUT2D eigenvalue weighted by Crippen LogP contribution is 2.35. The van der Waals surface area contributed by atoms with E-state index < -0.39 is 0 Å². The van der Waals surface area contributed by atoms with E-state index in [0.29, 0.717) is 17.5 Å². The van der Waals surface area contributed by atoms with Crippen LogP contribution < -0.4 is 20.1 Å². The number of benzene rings is 2. The third-order valence-corrected chi connectivity index (χ3v) is 3.92. The summed E-state index contributed by atoms with van der Waals surface area (Å²) in [6.07, 6.45) is 1.57. The Hall–Kier alpha value is -3.35. The summed E-state index contributed by atoms with van der Waals surface area (Å²) in [7, 11) is 0. The fourth-order valence-corrected chi connectivity index (χ4v) is 2.66. The Balaban J connectivity index is 1.55. The number of nitrogens with one attached hydrogen (secondary N) is 2. The Kier molecular flexibility index (Phi) is 3.81. The van der Waals surface area contributed by atoms with Crippen molar-refractivity contribution in [2.24, 2.45) is 0 Å². The Morgan fingerprint density at radius 3 is 2.60 bits per heavy atom. The van der Waals surface area contributed by atoms with E-state index >= 15 is 0 Å². The highest BCUT2D eigenvalue weighted by atomic mass is 16.7. The number of ether oxygens (including phenoxy) is 2. The average Bonchev–Trinajstić information content (AvgIpc) is 3.06. The first-order chi connectivity index (χ1) is 12.2. The highest BCUT2D eigenvalue weighted by Gasteiger charge is 2.13. The minimum Gasteiger partial charge on any atom is -0.454 e. The molecular weight excluding hydrogens is 318 g/mol. The quantitative estimate of drug-likeness (QED) is 0.752. The minimum absolute atomic E-state index is 0.248. The molecule has 7 nitrogen and oxygen atoms in total. The number of para-hydroxylation sites is 1. The van der Waals surface area contributed by atoms with Gasteiger partial charge < -0.3 is 20.1 Å². The van der Waals surface area contributed by atoms with Crippen molar-refractivity contribution in [3.05, 3.63) is 53.7 Å². The van der Waals surface area contributed by atoms with Crippen LogP contribution in [0.4, 0.5) is 23.1 Å². The van der Waals surface area contributed by atoms with Gasteiger partial charge in [0.2, 0.25) is 12.7 Å². The summed E-state index contributed by atoms with van der Waals surface area (Å²) < 4.78 is 10.7. The Bertz CT molecular complexity index is 909. The Labute approximate surface area is 145 Å². The molecule has 0 amide bonds. The van der Waals surface area contributed by atoms with Gasteiger partial charge in [-0.3, -0.25) is 0 Å². The van der Waals surface area contributed by atoms with Crippen LogP contribution in [0.15, 0.2) is 42.6 Å². The number of aromatic nitrogens is 3. The molecule has 2 heterocycles. The molecule has 0 unspecified atom stereocenters. The fourth-order valence-electron chi connectivity index (χ4n) is 2.66. The zero-order valence-corrected chi connectivity index (χ0v) is 13.9. The van der Waals surface area contributed by atoms with Gasteiger partial charge in [0.25, 0.3) is 0 Å². The van der Waals surface area contributed by atoms with E-state index in [1.807, 2.05) is 50.2 Å². The molecule has 0 saturated heterocycles. The molecule has 0 radical (unpaired) electrons. The summed E-state index contributed by atoms with van der Waals surface area (Å²) in [5.74, 6) is 2.47. The lowest BCUT2D eigenvalue weighted by atomic mass is 10.1.